The Morgan fingerprint density at radius 2 is 2.17 bits per heavy atom. The molecule has 0 spiro atoms. The van der Waals surface area contributed by atoms with Gasteiger partial charge in [0, 0.05) is 0 Å². The Kier molecular flexibility index (Phi) is 5.38. The van der Waals surface area contributed by atoms with Gasteiger partial charge in [-0.05, 0) is 53.5 Å². The molecule has 0 fully saturated rings. The molecule has 0 amide bonds. The quantitative estimate of drug-likeness (QED) is 0.599. The number of ether oxygens (including phenoxy) is 2. The molecule has 2 rings (SSSR count). The topological polar surface area (TPSA) is 94.4 Å². The third-order valence-electron chi connectivity index (χ3n) is 2.86. The highest BCUT2D eigenvalue weighted by Gasteiger charge is 2.22. The standard InChI is InChI=1S/C15H14BrNO6/c1-3-21-12-6-9(4-10-8(2)17-23-15(10)20)5-11(16)14(12)22-7-13(18)19/h4-6H,3,7H2,1-2H3,(H,18,19)/b10-4-. The van der Waals surface area contributed by atoms with Crippen molar-refractivity contribution >= 4 is 39.7 Å². The van der Waals surface area contributed by atoms with E-state index in [0.29, 0.717) is 33.7 Å². The van der Waals surface area contributed by atoms with E-state index in [-0.39, 0.29) is 5.75 Å². The number of oxime groups is 1. The highest BCUT2D eigenvalue weighted by Crippen LogP contribution is 2.37. The highest BCUT2D eigenvalue weighted by molar-refractivity contribution is 9.10. The summed E-state index contributed by atoms with van der Waals surface area (Å²) in [6.07, 6.45) is 1.61. The van der Waals surface area contributed by atoms with Crippen LogP contribution in [0.25, 0.3) is 6.08 Å². The first-order valence-corrected chi connectivity index (χ1v) is 7.50. The Morgan fingerprint density at radius 1 is 1.43 bits per heavy atom. The zero-order chi connectivity index (χ0) is 17.0. The summed E-state index contributed by atoms with van der Waals surface area (Å²) in [5, 5.41) is 12.3. The number of hydrogen-bond acceptors (Lipinski definition) is 6. The van der Waals surface area contributed by atoms with Gasteiger partial charge in [0.15, 0.2) is 18.1 Å². The maximum atomic E-state index is 11.6. The average Bonchev–Trinajstić information content (AvgIpc) is 2.78. The van der Waals surface area contributed by atoms with Crippen molar-refractivity contribution in [2.75, 3.05) is 13.2 Å². The number of benzene rings is 1. The Balaban J connectivity index is 2.39. The molecule has 122 valence electrons. The zero-order valence-corrected chi connectivity index (χ0v) is 14.0. The second kappa shape index (κ2) is 7.28. The van der Waals surface area contributed by atoms with E-state index in [2.05, 4.69) is 25.9 Å². The molecule has 0 unspecified atom stereocenters. The lowest BCUT2D eigenvalue weighted by Crippen LogP contribution is -2.11. The number of carboxylic acid groups (broad SMARTS) is 1. The molecule has 1 aliphatic rings. The Hall–Kier alpha value is -2.35. The van der Waals surface area contributed by atoms with Crippen LogP contribution in [0.5, 0.6) is 11.5 Å². The van der Waals surface area contributed by atoms with Gasteiger partial charge in [-0.2, -0.15) is 0 Å². The van der Waals surface area contributed by atoms with Gasteiger partial charge in [-0.3, -0.25) is 0 Å². The summed E-state index contributed by atoms with van der Waals surface area (Å²) in [5.74, 6) is -0.958. The molecule has 23 heavy (non-hydrogen) atoms. The summed E-state index contributed by atoms with van der Waals surface area (Å²) < 4.78 is 11.2. The monoisotopic (exact) mass is 383 g/mol. The van der Waals surface area contributed by atoms with Crippen LogP contribution in [0.3, 0.4) is 0 Å². The minimum atomic E-state index is -1.09. The predicted octanol–water partition coefficient (Wildman–Crippen LogP) is 2.63. The molecule has 0 bridgehead atoms. The molecule has 8 heteroatoms. The fraction of sp³-hybridized carbons (Fsp3) is 0.267. The van der Waals surface area contributed by atoms with Crippen molar-refractivity contribution in [2.45, 2.75) is 13.8 Å². The van der Waals surface area contributed by atoms with Crippen molar-refractivity contribution < 1.29 is 29.0 Å². The lowest BCUT2D eigenvalue weighted by atomic mass is 10.1. The SMILES string of the molecule is CCOc1cc(/C=C2\C(=O)ON=C2C)cc(Br)c1OCC(=O)O. The lowest BCUT2D eigenvalue weighted by Gasteiger charge is -2.13. The number of carbonyl (C=O) groups is 2. The number of rotatable bonds is 6. The maximum absolute atomic E-state index is 11.6. The number of hydrogen-bond donors (Lipinski definition) is 1. The Labute approximate surface area is 140 Å². The number of carbonyl (C=O) groups excluding carboxylic acids is 1. The second-order valence-electron chi connectivity index (χ2n) is 4.56. The van der Waals surface area contributed by atoms with E-state index < -0.39 is 18.5 Å². The summed E-state index contributed by atoms with van der Waals surface area (Å²) in [5.41, 5.74) is 1.49. The van der Waals surface area contributed by atoms with Crippen LogP contribution in [-0.2, 0) is 14.4 Å². The summed E-state index contributed by atoms with van der Waals surface area (Å²) in [6.45, 7) is 3.35. The lowest BCUT2D eigenvalue weighted by molar-refractivity contribution is -0.139. The van der Waals surface area contributed by atoms with Gasteiger partial charge in [0.05, 0.1) is 22.4 Å². The van der Waals surface area contributed by atoms with Gasteiger partial charge >= 0.3 is 11.9 Å². The first-order chi connectivity index (χ1) is 10.9. The van der Waals surface area contributed by atoms with Gasteiger partial charge in [-0.15, -0.1) is 0 Å². The van der Waals surface area contributed by atoms with E-state index in [4.69, 9.17) is 14.6 Å². The largest absolute Gasteiger partial charge is 0.490 e. The summed E-state index contributed by atoms with van der Waals surface area (Å²) in [7, 11) is 0. The van der Waals surface area contributed by atoms with Crippen LogP contribution in [0.15, 0.2) is 27.3 Å². The summed E-state index contributed by atoms with van der Waals surface area (Å²) in [4.78, 5) is 26.9. The summed E-state index contributed by atoms with van der Waals surface area (Å²) in [6, 6.07) is 3.34. The van der Waals surface area contributed by atoms with Crippen molar-refractivity contribution in [3.63, 3.8) is 0 Å². The van der Waals surface area contributed by atoms with Gasteiger partial charge in [0.25, 0.3) is 0 Å². The van der Waals surface area contributed by atoms with Gasteiger partial charge in [0.2, 0.25) is 0 Å². The molecule has 1 aliphatic heterocycles. The predicted molar refractivity (Wildman–Crippen MR) is 85.6 cm³/mol. The van der Waals surface area contributed by atoms with E-state index in [0.717, 1.165) is 0 Å². The van der Waals surface area contributed by atoms with Crippen LogP contribution in [-0.4, -0.2) is 36.0 Å². The van der Waals surface area contributed by atoms with Crippen LogP contribution in [0, 0.1) is 0 Å². The molecule has 0 aromatic heterocycles. The van der Waals surface area contributed by atoms with Crippen LogP contribution in [0.4, 0.5) is 0 Å². The van der Waals surface area contributed by atoms with E-state index in [9.17, 15) is 9.59 Å². The fourth-order valence-electron chi connectivity index (χ4n) is 1.89. The van der Waals surface area contributed by atoms with Gasteiger partial charge in [0.1, 0.15) is 0 Å². The first kappa shape index (κ1) is 17.0. The van der Waals surface area contributed by atoms with Gasteiger partial charge in [-0.25, -0.2) is 9.59 Å². The van der Waals surface area contributed by atoms with Crippen LogP contribution in [0.2, 0.25) is 0 Å². The normalized spacial score (nSPS) is 15.3. The molecule has 7 nitrogen and oxygen atoms in total. The van der Waals surface area contributed by atoms with Crippen molar-refractivity contribution in [3.05, 3.63) is 27.7 Å². The number of carboxylic acids is 1. The molecule has 1 aromatic carbocycles. The van der Waals surface area contributed by atoms with Crippen molar-refractivity contribution in [1.29, 1.82) is 0 Å². The summed E-state index contributed by atoms with van der Waals surface area (Å²) >= 11 is 3.32. The van der Waals surface area contributed by atoms with Crippen molar-refractivity contribution in [1.82, 2.24) is 0 Å². The fourth-order valence-corrected chi connectivity index (χ4v) is 2.47. The molecule has 0 atom stereocenters. The Bertz CT molecular complexity index is 710. The minimum Gasteiger partial charge on any atom is -0.490 e. The average molecular weight is 384 g/mol. The van der Waals surface area contributed by atoms with Crippen LogP contribution >= 0.6 is 15.9 Å². The third kappa shape index (κ3) is 4.10. The highest BCUT2D eigenvalue weighted by atomic mass is 79.9. The molecule has 1 heterocycles. The molecular formula is C15H14BrNO6. The van der Waals surface area contributed by atoms with Crippen LogP contribution in [0.1, 0.15) is 19.4 Å². The Morgan fingerprint density at radius 3 is 2.74 bits per heavy atom. The molecule has 0 saturated carbocycles. The van der Waals surface area contributed by atoms with Crippen molar-refractivity contribution in [3.8, 4) is 11.5 Å². The number of aliphatic carboxylic acids is 1. The molecule has 1 aromatic rings. The molecule has 0 radical (unpaired) electrons. The van der Waals surface area contributed by atoms with E-state index in [1.807, 2.05) is 0 Å². The minimum absolute atomic E-state index is 0.288. The maximum Gasteiger partial charge on any atom is 0.367 e. The molecule has 0 aliphatic carbocycles. The van der Waals surface area contributed by atoms with Gasteiger partial charge in [-0.1, -0.05) is 5.16 Å². The third-order valence-corrected chi connectivity index (χ3v) is 3.45. The molecule has 0 saturated heterocycles. The number of nitrogens with zero attached hydrogens (tertiary/aromatic N) is 1. The smallest absolute Gasteiger partial charge is 0.367 e. The molecular weight excluding hydrogens is 370 g/mol. The second-order valence-corrected chi connectivity index (χ2v) is 5.41. The van der Waals surface area contributed by atoms with Crippen molar-refractivity contribution in [2.24, 2.45) is 5.16 Å². The van der Waals surface area contributed by atoms with Crippen LogP contribution < -0.4 is 9.47 Å². The first-order valence-electron chi connectivity index (χ1n) is 6.71. The van der Waals surface area contributed by atoms with E-state index in [1.54, 1.807) is 32.1 Å². The molecule has 1 N–H and O–H groups in total. The van der Waals surface area contributed by atoms with E-state index in [1.165, 1.54) is 0 Å². The zero-order valence-electron chi connectivity index (χ0n) is 12.5. The van der Waals surface area contributed by atoms with E-state index >= 15 is 0 Å². The van der Waals surface area contributed by atoms with Gasteiger partial charge < -0.3 is 19.4 Å². The number of halogens is 1.